The molecule has 0 radical (unpaired) electrons. The number of carbonyl (C=O) groups excluding carboxylic acids is 1. The Morgan fingerprint density at radius 2 is 1.67 bits per heavy atom. The first-order valence-electron chi connectivity index (χ1n) is 8.89. The molecule has 0 bridgehead atoms. The van der Waals surface area contributed by atoms with Crippen LogP contribution in [0.15, 0.2) is 72.9 Å². The number of hydrogen-bond donors (Lipinski definition) is 0. The fourth-order valence-corrected chi connectivity index (χ4v) is 3.57. The van der Waals surface area contributed by atoms with Gasteiger partial charge in [-0.2, -0.15) is 0 Å². The second-order valence-corrected chi connectivity index (χ2v) is 6.49. The topological polar surface area (TPSA) is 40.5 Å². The van der Waals surface area contributed by atoms with Gasteiger partial charge in [-0.05, 0) is 59.7 Å². The third kappa shape index (κ3) is 2.66. The van der Waals surface area contributed by atoms with Gasteiger partial charge in [0.25, 0.3) is 0 Å². The molecule has 4 heteroatoms. The predicted molar refractivity (Wildman–Crippen MR) is 105 cm³/mol. The summed E-state index contributed by atoms with van der Waals surface area (Å²) in [5.41, 5.74) is 5.05. The van der Waals surface area contributed by atoms with Crippen LogP contribution in [0.3, 0.4) is 0 Å². The highest BCUT2D eigenvalue weighted by atomic mass is 16.6. The summed E-state index contributed by atoms with van der Waals surface area (Å²) in [7, 11) is 0. The lowest BCUT2D eigenvalue weighted by Crippen LogP contribution is -2.15. The predicted octanol–water partition coefficient (Wildman–Crippen LogP) is 4.88. The van der Waals surface area contributed by atoms with Crippen molar-refractivity contribution >= 4 is 17.2 Å². The summed E-state index contributed by atoms with van der Waals surface area (Å²) in [5, 5.41) is 1.16. The minimum Gasteiger partial charge on any atom is -0.486 e. The van der Waals surface area contributed by atoms with Crippen molar-refractivity contribution < 1.29 is 14.3 Å². The maximum Gasteiger partial charge on any atom is 0.161 e. The summed E-state index contributed by atoms with van der Waals surface area (Å²) in [6.45, 7) is 1.17. The van der Waals surface area contributed by atoms with E-state index in [2.05, 4.69) is 41.1 Å². The normalized spacial score (nSPS) is 12.9. The van der Waals surface area contributed by atoms with Crippen molar-refractivity contribution in [1.29, 1.82) is 0 Å². The molecule has 1 aromatic heterocycles. The first-order valence-corrected chi connectivity index (χ1v) is 8.89. The molecule has 5 rings (SSSR count). The number of carbonyl (C=O) groups is 1. The fourth-order valence-electron chi connectivity index (χ4n) is 3.57. The molecule has 0 aliphatic carbocycles. The molecule has 27 heavy (non-hydrogen) atoms. The third-order valence-electron chi connectivity index (χ3n) is 4.89. The highest BCUT2D eigenvalue weighted by Gasteiger charge is 2.14. The molecule has 0 atom stereocenters. The van der Waals surface area contributed by atoms with Gasteiger partial charge in [-0.1, -0.05) is 18.2 Å². The minimum absolute atomic E-state index is 0.577. The van der Waals surface area contributed by atoms with Gasteiger partial charge in [0.05, 0.1) is 5.52 Å². The van der Waals surface area contributed by atoms with Gasteiger partial charge < -0.3 is 14.0 Å². The second kappa shape index (κ2) is 6.32. The van der Waals surface area contributed by atoms with Crippen molar-refractivity contribution in [1.82, 2.24) is 4.57 Å². The van der Waals surface area contributed by atoms with E-state index in [4.69, 9.17) is 9.47 Å². The lowest BCUT2D eigenvalue weighted by atomic mass is 10.0. The van der Waals surface area contributed by atoms with E-state index in [1.165, 1.54) is 0 Å². The molecule has 0 N–H and O–H groups in total. The first-order chi connectivity index (χ1) is 13.3. The number of benzene rings is 3. The van der Waals surface area contributed by atoms with Crippen LogP contribution in [-0.2, 0) is 0 Å². The van der Waals surface area contributed by atoms with Crippen molar-refractivity contribution in [3.05, 3.63) is 78.5 Å². The lowest BCUT2D eigenvalue weighted by Gasteiger charge is -2.19. The quantitative estimate of drug-likeness (QED) is 0.492. The molecule has 0 amide bonds. The summed E-state index contributed by atoms with van der Waals surface area (Å²) in [5.74, 6) is 1.59. The van der Waals surface area contributed by atoms with E-state index in [0.717, 1.165) is 45.5 Å². The van der Waals surface area contributed by atoms with Crippen molar-refractivity contribution in [2.45, 2.75) is 0 Å². The monoisotopic (exact) mass is 355 g/mol. The van der Waals surface area contributed by atoms with Gasteiger partial charge in [0.15, 0.2) is 11.5 Å². The molecule has 0 spiro atoms. The summed E-state index contributed by atoms with van der Waals surface area (Å²) >= 11 is 0. The number of aromatic nitrogens is 1. The van der Waals surface area contributed by atoms with Crippen LogP contribution < -0.4 is 9.47 Å². The second-order valence-electron chi connectivity index (χ2n) is 6.49. The summed E-state index contributed by atoms with van der Waals surface area (Å²) in [6.07, 6.45) is 2.92. The van der Waals surface area contributed by atoms with Gasteiger partial charge in [0.1, 0.15) is 19.5 Å². The van der Waals surface area contributed by atoms with Crippen molar-refractivity contribution in [3.8, 4) is 28.3 Å². The molecule has 4 aromatic rings. The van der Waals surface area contributed by atoms with Gasteiger partial charge in [-0.3, -0.25) is 4.79 Å². The Kier molecular flexibility index (Phi) is 3.68. The number of fused-ring (bicyclic) bond motifs is 2. The number of nitrogens with zero attached hydrogens (tertiary/aromatic N) is 1. The van der Waals surface area contributed by atoms with E-state index in [1.807, 2.05) is 36.4 Å². The Morgan fingerprint density at radius 1 is 0.852 bits per heavy atom. The largest absolute Gasteiger partial charge is 0.486 e. The molecule has 0 fully saturated rings. The molecule has 0 saturated carbocycles. The van der Waals surface area contributed by atoms with E-state index in [-0.39, 0.29) is 0 Å². The maximum atomic E-state index is 10.9. The van der Waals surface area contributed by atoms with Gasteiger partial charge in [0.2, 0.25) is 0 Å². The van der Waals surface area contributed by atoms with Crippen LogP contribution in [0.1, 0.15) is 10.4 Å². The lowest BCUT2D eigenvalue weighted by molar-refractivity contribution is 0.112. The maximum absolute atomic E-state index is 10.9. The van der Waals surface area contributed by atoms with Crippen LogP contribution in [0, 0.1) is 0 Å². The van der Waals surface area contributed by atoms with Crippen molar-refractivity contribution in [3.63, 3.8) is 0 Å². The number of rotatable bonds is 3. The average Bonchev–Trinajstić information content (AvgIpc) is 3.18. The molecule has 3 aromatic carbocycles. The molecular weight excluding hydrogens is 338 g/mol. The zero-order chi connectivity index (χ0) is 18.2. The van der Waals surface area contributed by atoms with E-state index in [1.54, 1.807) is 0 Å². The van der Waals surface area contributed by atoms with E-state index < -0.39 is 0 Å². The van der Waals surface area contributed by atoms with Gasteiger partial charge in [0, 0.05) is 22.8 Å². The summed E-state index contributed by atoms with van der Waals surface area (Å²) in [4.78, 5) is 10.9. The molecule has 2 heterocycles. The molecule has 1 aliphatic rings. The molecule has 0 saturated heterocycles. The molecule has 4 nitrogen and oxygen atoms in total. The smallest absolute Gasteiger partial charge is 0.161 e. The van der Waals surface area contributed by atoms with E-state index in [0.29, 0.717) is 18.8 Å². The molecule has 0 unspecified atom stereocenters. The summed E-state index contributed by atoms with van der Waals surface area (Å²) in [6, 6.07) is 22.1. The van der Waals surface area contributed by atoms with Crippen molar-refractivity contribution in [2.24, 2.45) is 0 Å². The van der Waals surface area contributed by atoms with Gasteiger partial charge >= 0.3 is 0 Å². The fraction of sp³-hybridized carbons (Fsp3) is 0.0870. The zero-order valence-corrected chi connectivity index (χ0v) is 14.6. The van der Waals surface area contributed by atoms with E-state index >= 15 is 0 Å². The Bertz CT molecular complexity index is 1140. The average molecular weight is 355 g/mol. The number of aldehydes is 1. The zero-order valence-electron chi connectivity index (χ0n) is 14.6. The molecule has 1 aliphatic heterocycles. The number of hydrogen-bond acceptors (Lipinski definition) is 3. The highest BCUT2D eigenvalue weighted by Crippen LogP contribution is 2.37. The SMILES string of the molecule is O=Cc1ccc(-n2ccc3c(-c4ccc5c(c4)OCCO5)cccc32)cc1. The van der Waals surface area contributed by atoms with Crippen LogP contribution in [0.5, 0.6) is 11.5 Å². The van der Waals surface area contributed by atoms with Gasteiger partial charge in [-0.25, -0.2) is 0 Å². The first kappa shape index (κ1) is 15.7. The van der Waals surface area contributed by atoms with E-state index in [9.17, 15) is 4.79 Å². The Hall–Kier alpha value is -3.53. The van der Waals surface area contributed by atoms with Crippen LogP contribution in [0.4, 0.5) is 0 Å². The Labute approximate surface area is 156 Å². The van der Waals surface area contributed by atoms with Crippen LogP contribution in [0.25, 0.3) is 27.7 Å². The highest BCUT2D eigenvalue weighted by molar-refractivity contribution is 5.96. The Balaban J connectivity index is 1.62. The van der Waals surface area contributed by atoms with Crippen LogP contribution in [0.2, 0.25) is 0 Å². The number of ether oxygens (including phenoxy) is 2. The van der Waals surface area contributed by atoms with Crippen molar-refractivity contribution in [2.75, 3.05) is 13.2 Å². The third-order valence-corrected chi connectivity index (χ3v) is 4.89. The van der Waals surface area contributed by atoms with Crippen LogP contribution >= 0.6 is 0 Å². The van der Waals surface area contributed by atoms with Crippen LogP contribution in [-0.4, -0.2) is 24.1 Å². The summed E-state index contributed by atoms with van der Waals surface area (Å²) < 4.78 is 13.5. The van der Waals surface area contributed by atoms with Gasteiger partial charge in [-0.15, -0.1) is 0 Å². The standard InChI is InChI=1S/C23H17NO3/c25-15-16-4-7-18(8-5-16)24-11-10-20-19(2-1-3-21(20)24)17-6-9-22-23(14-17)27-13-12-26-22/h1-11,14-15H,12-13H2. The molecular formula is C23H17NO3. The Morgan fingerprint density at radius 3 is 2.48 bits per heavy atom. The minimum atomic E-state index is 0.577. The molecule has 132 valence electrons.